The normalized spacial score (nSPS) is 29.2. The molecule has 0 aliphatic carbocycles. The van der Waals surface area contributed by atoms with E-state index in [1.165, 1.54) is 6.04 Å². The van der Waals surface area contributed by atoms with Crippen LogP contribution in [0.2, 0.25) is 32.2 Å². The molecule has 1 unspecified atom stereocenters. The van der Waals surface area contributed by atoms with E-state index in [0.717, 1.165) is 0 Å². The molecule has 0 aromatic heterocycles. The topological polar surface area (TPSA) is 12.5 Å². The van der Waals surface area contributed by atoms with Crippen molar-refractivity contribution in [2.75, 3.05) is 0 Å². The highest BCUT2D eigenvalue weighted by Gasteiger charge is 2.57. The van der Waals surface area contributed by atoms with Gasteiger partial charge in [-0.15, -0.1) is 0 Å². The summed E-state index contributed by atoms with van der Waals surface area (Å²) < 4.78 is 9.58. The van der Waals surface area contributed by atoms with E-state index in [1.807, 2.05) is 0 Å². The second-order valence-electron chi connectivity index (χ2n) is 8.67. The first-order valence-corrected chi connectivity index (χ1v) is 18.0. The zero-order valence-electron chi connectivity index (χ0n) is 14.8. The van der Waals surface area contributed by atoms with Gasteiger partial charge in [-0.1, -0.05) is 40.8 Å². The fraction of sp³-hybridized carbons (Fsp3) is 1.00. The van der Waals surface area contributed by atoms with Crippen molar-refractivity contribution in [2.45, 2.75) is 91.5 Å². The predicted molar refractivity (Wildman–Crippen MR) is 94.2 cm³/mol. The zero-order valence-corrected chi connectivity index (χ0v) is 17.9. The molecule has 0 aromatic rings. The van der Waals surface area contributed by atoms with E-state index in [-0.39, 0.29) is 5.60 Å². The van der Waals surface area contributed by atoms with Gasteiger partial charge in [-0.3, -0.25) is 0 Å². The van der Waals surface area contributed by atoms with Crippen LogP contribution in [0.25, 0.3) is 0 Å². The Morgan fingerprint density at radius 3 is 1.74 bits per heavy atom. The summed E-state index contributed by atoms with van der Waals surface area (Å²) in [6.07, 6.45) is 0. The molecule has 1 fully saturated rings. The molecule has 0 aromatic carbocycles. The Morgan fingerprint density at radius 2 is 1.42 bits per heavy atom. The van der Waals surface area contributed by atoms with Crippen LogP contribution in [0.15, 0.2) is 0 Å². The van der Waals surface area contributed by atoms with Crippen LogP contribution >= 0.6 is 0 Å². The van der Waals surface area contributed by atoms with Gasteiger partial charge in [0, 0.05) is 5.60 Å². The Balaban J connectivity index is 3.22. The summed E-state index contributed by atoms with van der Waals surface area (Å²) in [7, 11) is -3.70. The second-order valence-corrected chi connectivity index (χ2v) is 31.7. The molecule has 5 heteroatoms. The molecule has 1 rings (SSSR count). The first-order valence-electron chi connectivity index (χ1n) is 7.78. The Hall–Kier alpha value is 0.571. The lowest BCUT2D eigenvalue weighted by atomic mass is 10.2. The molecule has 0 radical (unpaired) electrons. The molecule has 1 heterocycles. The van der Waals surface area contributed by atoms with E-state index < -0.39 is 23.4 Å². The third-order valence-electron chi connectivity index (χ3n) is 4.31. The number of rotatable bonds is 3. The Kier molecular flexibility index (Phi) is 5.01. The highest BCUT2D eigenvalue weighted by Crippen LogP contribution is 2.39. The fourth-order valence-electron chi connectivity index (χ4n) is 4.89. The molecule has 1 atom stereocenters. The quantitative estimate of drug-likeness (QED) is 0.736. The number of nitrogens with zero attached hydrogens (tertiary/aromatic N) is 1. The van der Waals surface area contributed by atoms with Crippen molar-refractivity contribution in [3.63, 3.8) is 0 Å². The monoisotopic (exact) mass is 317 g/mol. The molecular formula is C14H35NOSi3. The van der Waals surface area contributed by atoms with Gasteiger partial charge in [-0.25, -0.2) is 0 Å². The van der Waals surface area contributed by atoms with Crippen molar-refractivity contribution < 1.29 is 4.43 Å². The zero-order chi connectivity index (χ0) is 15.2. The van der Waals surface area contributed by atoms with Gasteiger partial charge in [0.1, 0.15) is 7.99 Å². The molecule has 19 heavy (non-hydrogen) atoms. The summed E-state index contributed by atoms with van der Waals surface area (Å²) in [5, 5.41) is 0. The van der Waals surface area contributed by atoms with Crippen LogP contribution in [0.1, 0.15) is 41.5 Å². The average molecular weight is 318 g/mol. The smallest absolute Gasteiger partial charge is 0.185 e. The minimum Gasteiger partial charge on any atom is -0.414 e. The lowest BCUT2D eigenvalue weighted by Gasteiger charge is -2.57. The van der Waals surface area contributed by atoms with Gasteiger partial charge in [0.25, 0.3) is 0 Å². The maximum absolute atomic E-state index is 6.68. The van der Waals surface area contributed by atoms with Crippen LogP contribution in [0.5, 0.6) is 0 Å². The third-order valence-corrected chi connectivity index (χ3v) is 36.2. The molecule has 114 valence electrons. The standard InChI is InChI=1S/C14H35NOSi3/c1-12(2)15(13(3)4)17-18(7,8)11-14(5,6)16-19(17,9)10/h12-13,17H,11H2,1-10H3. The highest BCUT2D eigenvalue weighted by atomic mass is 29.6. The van der Waals surface area contributed by atoms with Crippen LogP contribution in [0.3, 0.4) is 0 Å². The van der Waals surface area contributed by atoms with Gasteiger partial charge < -0.3 is 8.99 Å². The molecule has 0 bridgehead atoms. The minimum absolute atomic E-state index is 0.120. The molecule has 1 aliphatic rings. The van der Waals surface area contributed by atoms with Crippen LogP contribution in [-0.2, 0) is 4.43 Å². The number of hydrogen-bond acceptors (Lipinski definition) is 2. The molecule has 0 spiro atoms. The van der Waals surface area contributed by atoms with E-state index in [4.69, 9.17) is 4.43 Å². The molecular weight excluding hydrogens is 282 g/mol. The van der Waals surface area contributed by atoms with E-state index in [2.05, 4.69) is 72.3 Å². The van der Waals surface area contributed by atoms with Gasteiger partial charge in [0.2, 0.25) is 0 Å². The van der Waals surface area contributed by atoms with Gasteiger partial charge in [-0.2, -0.15) is 0 Å². The molecule has 0 saturated carbocycles. The van der Waals surface area contributed by atoms with E-state index in [1.54, 1.807) is 0 Å². The summed E-state index contributed by atoms with van der Waals surface area (Å²) in [5.41, 5.74) is 0.120. The maximum Gasteiger partial charge on any atom is 0.185 e. The molecule has 0 amide bonds. The predicted octanol–water partition coefficient (Wildman–Crippen LogP) is 3.71. The maximum atomic E-state index is 6.68. The van der Waals surface area contributed by atoms with Crippen molar-refractivity contribution in [3.05, 3.63) is 0 Å². The Morgan fingerprint density at radius 1 is 1.00 bits per heavy atom. The van der Waals surface area contributed by atoms with Crippen molar-refractivity contribution in [1.29, 1.82) is 0 Å². The fourth-order valence-corrected chi connectivity index (χ4v) is 49.2. The summed E-state index contributed by atoms with van der Waals surface area (Å²) in [6, 6.07) is 2.67. The van der Waals surface area contributed by atoms with Crippen molar-refractivity contribution in [2.24, 2.45) is 0 Å². The highest BCUT2D eigenvalue weighted by molar-refractivity contribution is 7.58. The third kappa shape index (κ3) is 3.81. The second kappa shape index (κ2) is 5.40. The van der Waals surface area contributed by atoms with Gasteiger partial charge >= 0.3 is 0 Å². The average Bonchev–Trinajstić information content (AvgIpc) is 2.05. The van der Waals surface area contributed by atoms with Gasteiger partial charge in [-0.05, 0) is 45.1 Å². The largest absolute Gasteiger partial charge is 0.414 e. The van der Waals surface area contributed by atoms with Crippen molar-refractivity contribution in [3.8, 4) is 0 Å². The summed E-state index contributed by atoms with van der Waals surface area (Å²) in [4.78, 5) is 0. The van der Waals surface area contributed by atoms with Crippen LogP contribution in [0, 0.1) is 0 Å². The molecule has 0 N–H and O–H groups in total. The summed E-state index contributed by atoms with van der Waals surface area (Å²) in [5.74, 6) is 0. The van der Waals surface area contributed by atoms with Gasteiger partial charge in [0.05, 0.1) is 7.59 Å². The summed E-state index contributed by atoms with van der Waals surface area (Å²) in [6.45, 7) is 24.4. The van der Waals surface area contributed by atoms with Crippen LogP contribution in [-0.4, -0.2) is 45.7 Å². The van der Waals surface area contributed by atoms with Gasteiger partial charge in [0.15, 0.2) is 7.83 Å². The van der Waals surface area contributed by atoms with Crippen LogP contribution in [0.4, 0.5) is 0 Å². The lowest BCUT2D eigenvalue weighted by molar-refractivity contribution is 0.120. The molecule has 1 aliphatic heterocycles. The molecule has 1 saturated heterocycles. The van der Waals surface area contributed by atoms with E-state index in [0.29, 0.717) is 12.1 Å². The molecule has 2 nitrogen and oxygen atoms in total. The lowest BCUT2D eigenvalue weighted by Crippen LogP contribution is -2.78. The van der Waals surface area contributed by atoms with Crippen LogP contribution < -0.4 is 0 Å². The Labute approximate surface area is 124 Å². The Bertz CT molecular complexity index is 299. The number of hydrogen-bond donors (Lipinski definition) is 0. The first-order chi connectivity index (χ1) is 8.30. The van der Waals surface area contributed by atoms with E-state index >= 15 is 0 Å². The summed E-state index contributed by atoms with van der Waals surface area (Å²) >= 11 is 0. The first kappa shape index (κ1) is 17.6. The van der Waals surface area contributed by atoms with Crippen molar-refractivity contribution >= 4 is 23.4 Å². The van der Waals surface area contributed by atoms with Crippen molar-refractivity contribution in [1.82, 2.24) is 4.57 Å². The minimum atomic E-state index is -1.55. The SMILES string of the molecule is CC(C)N(C(C)C)[SiH]1[Si](C)(C)CC(C)(C)O[Si]1(C)C. The van der Waals surface area contributed by atoms with E-state index in [9.17, 15) is 0 Å².